The van der Waals surface area contributed by atoms with Gasteiger partial charge >= 0.3 is 5.97 Å². The van der Waals surface area contributed by atoms with Gasteiger partial charge in [-0.2, -0.15) is 0 Å². The van der Waals surface area contributed by atoms with E-state index in [1.807, 2.05) is 60.7 Å². The van der Waals surface area contributed by atoms with Crippen LogP contribution in [0.5, 0.6) is 0 Å². The summed E-state index contributed by atoms with van der Waals surface area (Å²) < 4.78 is 19.5. The van der Waals surface area contributed by atoms with Crippen molar-refractivity contribution in [2.75, 3.05) is 27.2 Å². The zero-order valence-electron chi connectivity index (χ0n) is 24.0. The predicted molar refractivity (Wildman–Crippen MR) is 160 cm³/mol. The number of amides is 2. The summed E-state index contributed by atoms with van der Waals surface area (Å²) >= 11 is 0. The monoisotopic (exact) mass is 582 g/mol. The number of carbonyl (C=O) groups is 3. The van der Waals surface area contributed by atoms with Crippen LogP contribution in [0.15, 0.2) is 103 Å². The van der Waals surface area contributed by atoms with E-state index < -0.39 is 30.1 Å². The summed E-state index contributed by atoms with van der Waals surface area (Å²) in [4.78, 5) is 40.3. The topological polar surface area (TPSA) is 114 Å². The van der Waals surface area contributed by atoms with E-state index in [-0.39, 0.29) is 37.0 Å². The zero-order chi connectivity index (χ0) is 30.4. The standard InChI is InChI=1S/C34H34N2O7/c1-36(2)30(38)18-17-23-11-9-10-16-27(23)33(40)41-28-21-24(32(39)35-19-20-37)22-29-31(28)43-34(42-29,25-12-5-3-6-13-25)26-14-7-4-8-15-26/h3-18,22,28-29,31,37H,19-21H2,1-2H3,(H,35,39). The van der Waals surface area contributed by atoms with Gasteiger partial charge in [0, 0.05) is 49.8 Å². The van der Waals surface area contributed by atoms with Crippen molar-refractivity contribution in [1.82, 2.24) is 10.2 Å². The summed E-state index contributed by atoms with van der Waals surface area (Å²) in [5, 5.41) is 11.9. The fourth-order valence-electron chi connectivity index (χ4n) is 5.21. The highest BCUT2D eigenvalue weighted by Gasteiger charge is 2.55. The molecule has 43 heavy (non-hydrogen) atoms. The van der Waals surface area contributed by atoms with Crippen LogP contribution in [-0.2, 0) is 29.6 Å². The van der Waals surface area contributed by atoms with Crippen molar-refractivity contribution in [3.05, 3.63) is 125 Å². The minimum atomic E-state index is -1.32. The predicted octanol–water partition coefficient (Wildman–Crippen LogP) is 3.44. The zero-order valence-corrected chi connectivity index (χ0v) is 24.0. The first kappa shape index (κ1) is 29.9. The van der Waals surface area contributed by atoms with Gasteiger partial charge in [-0.3, -0.25) is 9.59 Å². The first-order valence-corrected chi connectivity index (χ1v) is 14.1. The number of esters is 1. The molecule has 0 spiro atoms. The Bertz CT molecular complexity index is 1480. The number of hydrogen-bond acceptors (Lipinski definition) is 7. The number of aliphatic hydroxyl groups excluding tert-OH is 1. The van der Waals surface area contributed by atoms with E-state index in [1.165, 1.54) is 11.0 Å². The molecule has 0 aromatic heterocycles. The maximum absolute atomic E-state index is 13.6. The number of ether oxygens (including phenoxy) is 3. The van der Waals surface area contributed by atoms with Gasteiger partial charge in [-0.1, -0.05) is 78.9 Å². The lowest BCUT2D eigenvalue weighted by atomic mass is 9.91. The van der Waals surface area contributed by atoms with E-state index in [0.717, 1.165) is 11.1 Å². The average molecular weight is 583 g/mol. The number of nitrogens with zero attached hydrogens (tertiary/aromatic N) is 1. The van der Waals surface area contributed by atoms with Crippen LogP contribution in [0.2, 0.25) is 0 Å². The molecule has 2 N–H and O–H groups in total. The second-order valence-corrected chi connectivity index (χ2v) is 10.5. The van der Waals surface area contributed by atoms with Crippen molar-refractivity contribution >= 4 is 23.9 Å². The van der Waals surface area contributed by atoms with Crippen molar-refractivity contribution in [3.63, 3.8) is 0 Å². The van der Waals surface area contributed by atoms with E-state index in [9.17, 15) is 19.5 Å². The Morgan fingerprint density at radius 2 is 1.58 bits per heavy atom. The Morgan fingerprint density at radius 1 is 0.953 bits per heavy atom. The second kappa shape index (κ2) is 13.2. The van der Waals surface area contributed by atoms with E-state index in [1.54, 1.807) is 50.5 Å². The summed E-state index contributed by atoms with van der Waals surface area (Å²) in [6.07, 6.45) is 2.39. The van der Waals surface area contributed by atoms with Gasteiger partial charge in [0.15, 0.2) is 0 Å². The number of carbonyl (C=O) groups excluding carboxylic acids is 3. The van der Waals surface area contributed by atoms with Crippen LogP contribution in [0.1, 0.15) is 33.5 Å². The van der Waals surface area contributed by atoms with Crippen LogP contribution in [0.3, 0.4) is 0 Å². The molecule has 3 aromatic carbocycles. The van der Waals surface area contributed by atoms with Gasteiger partial charge in [0.1, 0.15) is 18.3 Å². The van der Waals surface area contributed by atoms with Crippen LogP contribution in [0.4, 0.5) is 0 Å². The molecular weight excluding hydrogens is 548 g/mol. The Kier molecular flexibility index (Phi) is 9.16. The highest BCUT2D eigenvalue weighted by molar-refractivity contribution is 5.97. The molecule has 1 aliphatic heterocycles. The summed E-state index contributed by atoms with van der Waals surface area (Å²) in [6.45, 7) is -0.135. The lowest BCUT2D eigenvalue weighted by molar-refractivity contribution is -0.157. The van der Waals surface area contributed by atoms with Gasteiger partial charge in [-0.05, 0) is 23.8 Å². The number of nitrogens with one attached hydrogen (secondary N) is 1. The molecule has 2 amide bonds. The van der Waals surface area contributed by atoms with Gasteiger partial charge in [0.05, 0.1) is 12.2 Å². The molecule has 0 saturated carbocycles. The van der Waals surface area contributed by atoms with E-state index in [2.05, 4.69) is 5.32 Å². The summed E-state index contributed by atoms with van der Waals surface area (Å²) in [7, 11) is 3.28. The molecule has 1 aliphatic carbocycles. The van der Waals surface area contributed by atoms with E-state index in [0.29, 0.717) is 11.1 Å². The SMILES string of the molecule is CN(C)C(=O)C=Cc1ccccc1C(=O)OC1CC(C(=O)NCCO)=CC2OC(c3ccccc3)(c3ccccc3)OC21. The van der Waals surface area contributed by atoms with Crippen LogP contribution < -0.4 is 5.32 Å². The number of benzene rings is 3. The van der Waals surface area contributed by atoms with Gasteiger partial charge in [-0.25, -0.2) is 4.79 Å². The smallest absolute Gasteiger partial charge is 0.339 e. The normalized spacial score (nSPS) is 20.6. The number of aliphatic hydroxyl groups is 1. The molecule has 1 saturated heterocycles. The van der Waals surface area contributed by atoms with Crippen molar-refractivity contribution < 1.29 is 33.7 Å². The van der Waals surface area contributed by atoms with Crippen LogP contribution in [-0.4, -0.2) is 73.3 Å². The van der Waals surface area contributed by atoms with E-state index >= 15 is 0 Å². The molecule has 222 valence electrons. The van der Waals surface area contributed by atoms with Gasteiger partial charge in [-0.15, -0.1) is 0 Å². The molecule has 9 nitrogen and oxygen atoms in total. The number of rotatable bonds is 9. The maximum Gasteiger partial charge on any atom is 0.339 e. The fraction of sp³-hybridized carbons (Fsp3) is 0.265. The molecular formula is C34H34N2O7. The second-order valence-electron chi connectivity index (χ2n) is 10.5. The fourth-order valence-corrected chi connectivity index (χ4v) is 5.21. The number of fused-ring (bicyclic) bond motifs is 1. The average Bonchev–Trinajstić information content (AvgIpc) is 3.44. The summed E-state index contributed by atoms with van der Waals surface area (Å²) in [5.41, 5.74) is 2.64. The van der Waals surface area contributed by atoms with E-state index in [4.69, 9.17) is 14.2 Å². The quantitative estimate of drug-likeness (QED) is 0.294. The highest BCUT2D eigenvalue weighted by Crippen LogP contribution is 2.47. The Morgan fingerprint density at radius 3 is 2.21 bits per heavy atom. The van der Waals surface area contributed by atoms with Crippen molar-refractivity contribution in [1.29, 1.82) is 0 Å². The molecule has 1 heterocycles. The number of likely N-dealkylation sites (N-methyl/N-ethyl adjacent to an activating group) is 1. The summed E-state index contributed by atoms with van der Waals surface area (Å²) in [5.74, 6) is -2.56. The minimum absolute atomic E-state index is 0.0737. The van der Waals surface area contributed by atoms with Crippen molar-refractivity contribution in [2.24, 2.45) is 0 Å². The molecule has 0 radical (unpaired) electrons. The summed E-state index contributed by atoms with van der Waals surface area (Å²) in [6, 6.07) is 25.8. The minimum Gasteiger partial charge on any atom is -0.456 e. The lowest BCUT2D eigenvalue weighted by Gasteiger charge is -2.31. The third-order valence-corrected chi connectivity index (χ3v) is 7.36. The van der Waals surface area contributed by atoms with Crippen molar-refractivity contribution in [3.8, 4) is 0 Å². The third-order valence-electron chi connectivity index (χ3n) is 7.36. The van der Waals surface area contributed by atoms with Gasteiger partial charge in [0.25, 0.3) is 0 Å². The molecule has 1 fully saturated rings. The lowest BCUT2D eigenvalue weighted by Crippen LogP contribution is -2.43. The molecule has 3 unspecified atom stereocenters. The molecule has 3 atom stereocenters. The Labute approximate surface area is 250 Å². The Balaban J connectivity index is 1.50. The maximum atomic E-state index is 13.6. The largest absolute Gasteiger partial charge is 0.456 e. The number of hydrogen-bond donors (Lipinski definition) is 2. The molecule has 9 heteroatoms. The van der Waals surface area contributed by atoms with Gasteiger partial charge < -0.3 is 29.5 Å². The molecule has 5 rings (SSSR count). The highest BCUT2D eigenvalue weighted by atomic mass is 16.8. The van der Waals surface area contributed by atoms with Crippen LogP contribution in [0.25, 0.3) is 6.08 Å². The first-order valence-electron chi connectivity index (χ1n) is 14.1. The molecule has 0 bridgehead atoms. The van der Waals surface area contributed by atoms with Gasteiger partial charge in [0.2, 0.25) is 17.6 Å². The van der Waals surface area contributed by atoms with Crippen LogP contribution >= 0.6 is 0 Å². The Hall–Kier alpha value is -4.57. The van der Waals surface area contributed by atoms with Crippen molar-refractivity contribution in [2.45, 2.75) is 30.5 Å². The molecule has 2 aliphatic rings. The van der Waals surface area contributed by atoms with Crippen LogP contribution in [0, 0.1) is 0 Å². The first-order chi connectivity index (χ1) is 20.8. The molecule has 3 aromatic rings. The third kappa shape index (κ3) is 6.44.